The summed E-state index contributed by atoms with van der Waals surface area (Å²) in [5.74, 6) is 0.798. The van der Waals surface area contributed by atoms with Gasteiger partial charge in [-0.05, 0) is 19.1 Å². The largest absolute Gasteiger partial charge is 0.504 e. The average Bonchev–Trinajstić information content (AvgIpc) is 2.38. The molecule has 0 aromatic heterocycles. The van der Waals surface area contributed by atoms with E-state index in [2.05, 4.69) is 0 Å². The van der Waals surface area contributed by atoms with Gasteiger partial charge in [0.05, 0.1) is 6.61 Å². The second-order valence-electron chi connectivity index (χ2n) is 3.71. The summed E-state index contributed by atoms with van der Waals surface area (Å²) >= 11 is 1.17. The Balaban J connectivity index is 2.95. The Morgan fingerprint density at radius 1 is 1.47 bits per heavy atom. The summed E-state index contributed by atoms with van der Waals surface area (Å²) in [5.41, 5.74) is 0.928. The standard InChI is InChI=1S/C14H16O4S/c1-3-18-13-8-11(9-15)7-12(14(13)17)5-4-6-19-10(2)16/h4-5,7-9,17H,3,6H2,1-2H3. The van der Waals surface area contributed by atoms with Crippen molar-refractivity contribution < 1.29 is 19.4 Å². The number of aldehydes is 1. The van der Waals surface area contributed by atoms with Gasteiger partial charge in [0.1, 0.15) is 6.29 Å². The van der Waals surface area contributed by atoms with Crippen LogP contribution in [0.2, 0.25) is 0 Å². The van der Waals surface area contributed by atoms with E-state index < -0.39 is 0 Å². The van der Waals surface area contributed by atoms with E-state index in [0.717, 1.165) is 0 Å². The van der Waals surface area contributed by atoms with Crippen LogP contribution in [0.4, 0.5) is 0 Å². The minimum Gasteiger partial charge on any atom is -0.504 e. The summed E-state index contributed by atoms with van der Waals surface area (Å²) < 4.78 is 5.26. The number of hydrogen-bond acceptors (Lipinski definition) is 5. The number of phenols is 1. The quantitative estimate of drug-likeness (QED) is 0.812. The highest BCUT2D eigenvalue weighted by Crippen LogP contribution is 2.32. The van der Waals surface area contributed by atoms with Gasteiger partial charge in [0.25, 0.3) is 0 Å². The van der Waals surface area contributed by atoms with Gasteiger partial charge >= 0.3 is 0 Å². The molecule has 0 saturated heterocycles. The SMILES string of the molecule is CCOc1cc(C=O)cc(C=CCSC(C)=O)c1O. The number of hydrogen-bond donors (Lipinski definition) is 1. The van der Waals surface area contributed by atoms with Crippen LogP contribution >= 0.6 is 11.8 Å². The Kier molecular flexibility index (Phi) is 6.15. The molecule has 102 valence electrons. The lowest BCUT2D eigenvalue weighted by atomic mass is 10.1. The molecule has 0 spiro atoms. The third-order valence-corrected chi connectivity index (χ3v) is 3.01. The maximum absolute atomic E-state index is 10.8. The second-order valence-corrected chi connectivity index (χ2v) is 4.91. The van der Waals surface area contributed by atoms with Crippen molar-refractivity contribution in [3.8, 4) is 11.5 Å². The van der Waals surface area contributed by atoms with E-state index in [1.807, 2.05) is 0 Å². The zero-order valence-corrected chi connectivity index (χ0v) is 11.7. The van der Waals surface area contributed by atoms with Crippen molar-refractivity contribution >= 4 is 29.2 Å². The minimum atomic E-state index is -0.00322. The van der Waals surface area contributed by atoms with Crippen molar-refractivity contribution in [1.29, 1.82) is 0 Å². The van der Waals surface area contributed by atoms with Crippen LogP contribution in [0.15, 0.2) is 18.2 Å². The van der Waals surface area contributed by atoms with Gasteiger partial charge in [-0.3, -0.25) is 9.59 Å². The van der Waals surface area contributed by atoms with Crippen molar-refractivity contribution in [3.05, 3.63) is 29.3 Å². The molecule has 19 heavy (non-hydrogen) atoms. The molecule has 5 heteroatoms. The maximum atomic E-state index is 10.8. The van der Waals surface area contributed by atoms with E-state index in [1.54, 1.807) is 25.1 Å². The van der Waals surface area contributed by atoms with Gasteiger partial charge in [-0.25, -0.2) is 0 Å². The summed E-state index contributed by atoms with van der Waals surface area (Å²) in [7, 11) is 0. The zero-order valence-electron chi connectivity index (χ0n) is 10.9. The molecule has 0 saturated carbocycles. The fraction of sp³-hybridized carbons (Fsp3) is 0.286. The number of rotatable bonds is 6. The van der Waals surface area contributed by atoms with E-state index in [-0.39, 0.29) is 16.6 Å². The summed E-state index contributed by atoms with van der Waals surface area (Å²) in [6.45, 7) is 3.70. The van der Waals surface area contributed by atoms with Gasteiger partial charge < -0.3 is 9.84 Å². The first-order valence-corrected chi connectivity index (χ1v) is 6.82. The highest BCUT2D eigenvalue weighted by molar-refractivity contribution is 8.13. The average molecular weight is 280 g/mol. The summed E-state index contributed by atoms with van der Waals surface area (Å²) in [5, 5.41) is 10.0. The monoisotopic (exact) mass is 280 g/mol. The molecule has 0 aliphatic carbocycles. The van der Waals surface area contributed by atoms with E-state index in [0.29, 0.717) is 29.8 Å². The number of thioether (sulfide) groups is 1. The third-order valence-electron chi connectivity index (χ3n) is 2.24. The molecule has 0 fully saturated rings. The van der Waals surface area contributed by atoms with Gasteiger partial charge in [0.2, 0.25) is 0 Å². The summed E-state index contributed by atoms with van der Waals surface area (Å²) in [6.07, 6.45) is 4.12. The van der Waals surface area contributed by atoms with Gasteiger partial charge in [-0.1, -0.05) is 23.9 Å². The molecular weight excluding hydrogens is 264 g/mol. The minimum absolute atomic E-state index is 0.00322. The molecule has 0 aliphatic heterocycles. The van der Waals surface area contributed by atoms with Crippen LogP contribution in [-0.2, 0) is 4.79 Å². The molecule has 1 rings (SSSR count). The summed E-state index contributed by atoms with van der Waals surface area (Å²) in [4.78, 5) is 21.6. The van der Waals surface area contributed by atoms with Crippen molar-refractivity contribution in [3.63, 3.8) is 0 Å². The van der Waals surface area contributed by atoms with Crippen LogP contribution in [0.3, 0.4) is 0 Å². The van der Waals surface area contributed by atoms with Crippen molar-refractivity contribution in [2.45, 2.75) is 13.8 Å². The fourth-order valence-corrected chi connectivity index (χ4v) is 1.88. The highest BCUT2D eigenvalue weighted by Gasteiger charge is 2.08. The fourth-order valence-electron chi connectivity index (χ4n) is 1.45. The first-order chi connectivity index (χ1) is 9.08. The van der Waals surface area contributed by atoms with Gasteiger partial charge in [0, 0.05) is 23.8 Å². The smallest absolute Gasteiger partial charge is 0.186 e. The molecule has 1 aromatic rings. The van der Waals surface area contributed by atoms with Crippen LogP contribution < -0.4 is 4.74 Å². The maximum Gasteiger partial charge on any atom is 0.186 e. The molecular formula is C14H16O4S. The van der Waals surface area contributed by atoms with E-state index in [4.69, 9.17) is 4.74 Å². The topological polar surface area (TPSA) is 63.6 Å². The van der Waals surface area contributed by atoms with Crippen molar-refractivity contribution in [2.75, 3.05) is 12.4 Å². The molecule has 0 unspecified atom stereocenters. The first-order valence-electron chi connectivity index (χ1n) is 5.83. The van der Waals surface area contributed by atoms with Gasteiger partial charge in [-0.15, -0.1) is 0 Å². The Bertz CT molecular complexity index is 494. The molecule has 0 heterocycles. The zero-order chi connectivity index (χ0) is 14.3. The number of benzene rings is 1. The molecule has 1 N–H and O–H groups in total. The molecule has 0 radical (unpaired) electrons. The molecule has 1 aromatic carbocycles. The molecule has 0 aliphatic rings. The molecule has 0 bridgehead atoms. The normalized spacial score (nSPS) is 10.6. The van der Waals surface area contributed by atoms with Crippen LogP contribution in [0.25, 0.3) is 6.08 Å². The van der Waals surface area contributed by atoms with Crippen molar-refractivity contribution in [2.24, 2.45) is 0 Å². The molecule has 0 amide bonds. The van der Waals surface area contributed by atoms with Crippen LogP contribution in [0.1, 0.15) is 29.8 Å². The third kappa shape index (κ3) is 4.79. The van der Waals surface area contributed by atoms with E-state index in [9.17, 15) is 14.7 Å². The second kappa shape index (κ2) is 7.63. The highest BCUT2D eigenvalue weighted by atomic mass is 32.2. The number of carbonyl (C=O) groups is 2. The van der Waals surface area contributed by atoms with Crippen molar-refractivity contribution in [1.82, 2.24) is 0 Å². The molecule has 0 atom stereocenters. The molecule has 4 nitrogen and oxygen atoms in total. The Morgan fingerprint density at radius 3 is 2.79 bits per heavy atom. The number of aromatic hydroxyl groups is 1. The van der Waals surface area contributed by atoms with Gasteiger partial charge in [0.15, 0.2) is 16.6 Å². The predicted octanol–water partition coefficient (Wildman–Crippen LogP) is 2.90. The lowest BCUT2D eigenvalue weighted by Crippen LogP contribution is -1.95. The van der Waals surface area contributed by atoms with Crippen LogP contribution in [-0.4, -0.2) is 28.9 Å². The Hall–Kier alpha value is -1.75. The summed E-state index contributed by atoms with van der Waals surface area (Å²) in [6, 6.07) is 3.06. The van der Waals surface area contributed by atoms with E-state index in [1.165, 1.54) is 24.8 Å². The van der Waals surface area contributed by atoms with Crippen LogP contribution in [0, 0.1) is 0 Å². The lowest BCUT2D eigenvalue weighted by molar-refractivity contribution is -0.109. The number of carbonyl (C=O) groups excluding carboxylic acids is 2. The van der Waals surface area contributed by atoms with Crippen LogP contribution in [0.5, 0.6) is 11.5 Å². The predicted molar refractivity (Wildman–Crippen MR) is 76.8 cm³/mol. The van der Waals surface area contributed by atoms with Gasteiger partial charge in [-0.2, -0.15) is 0 Å². The first kappa shape index (κ1) is 15.3. The lowest BCUT2D eigenvalue weighted by Gasteiger charge is -2.09. The number of phenolic OH excluding ortho intramolecular Hbond substituents is 1. The van der Waals surface area contributed by atoms with E-state index >= 15 is 0 Å². The number of ether oxygens (including phenoxy) is 1. The Morgan fingerprint density at radius 2 is 2.21 bits per heavy atom. The Labute approximate surface area is 116 Å².